The van der Waals surface area contributed by atoms with Gasteiger partial charge in [-0.3, -0.25) is 0 Å². The molecular weight excluding hydrogens is 622 g/mol. The number of halogens is 3. The van der Waals surface area contributed by atoms with Crippen LogP contribution >= 0.6 is 57.6 Å². The van der Waals surface area contributed by atoms with Gasteiger partial charge in [0.05, 0.1) is 44.1 Å². The topological polar surface area (TPSA) is 60.4 Å². The number of allylic oxidation sites excluding steroid dienone is 1. The number of carbonyl (C=O) groups is 1. The van der Waals surface area contributed by atoms with Gasteiger partial charge in [0.15, 0.2) is 16.7 Å². The molecule has 2 aliphatic rings. The van der Waals surface area contributed by atoms with Crippen LogP contribution in [0.4, 0.5) is 0 Å². The van der Waals surface area contributed by atoms with Crippen LogP contribution in [0.25, 0.3) is 0 Å². The Morgan fingerprint density at radius 3 is 2.66 bits per heavy atom. The van der Waals surface area contributed by atoms with E-state index in [1.807, 2.05) is 48.6 Å². The molecule has 4 rings (SSSR count). The van der Waals surface area contributed by atoms with Crippen LogP contribution in [0, 0.1) is 3.57 Å². The minimum Gasteiger partial charge on any atom is -0.490 e. The summed E-state index contributed by atoms with van der Waals surface area (Å²) < 4.78 is 18.4. The molecule has 0 fully saturated rings. The van der Waals surface area contributed by atoms with Crippen LogP contribution in [0.3, 0.4) is 0 Å². The first-order valence-electron chi connectivity index (χ1n) is 10.9. The van der Waals surface area contributed by atoms with Crippen molar-refractivity contribution >= 4 is 68.7 Å². The molecule has 10 heteroatoms. The normalized spacial score (nSPS) is 16.8. The molecule has 2 aromatic carbocycles. The number of hydrogen-bond acceptors (Lipinski definition) is 7. The molecule has 0 N–H and O–H groups in total. The van der Waals surface area contributed by atoms with E-state index in [9.17, 15) is 4.79 Å². The summed E-state index contributed by atoms with van der Waals surface area (Å²) in [6, 6.07) is 8.93. The van der Waals surface area contributed by atoms with Crippen molar-refractivity contribution in [2.75, 3.05) is 13.2 Å². The molecule has 2 heterocycles. The van der Waals surface area contributed by atoms with Crippen molar-refractivity contribution in [2.24, 2.45) is 4.99 Å². The van der Waals surface area contributed by atoms with E-state index in [0.717, 1.165) is 19.9 Å². The van der Waals surface area contributed by atoms with Gasteiger partial charge in [-0.2, -0.15) is 0 Å². The number of carbonyl (C=O) groups excluding carboxylic acids is 1. The van der Waals surface area contributed by atoms with Crippen molar-refractivity contribution < 1.29 is 19.0 Å². The van der Waals surface area contributed by atoms with Crippen molar-refractivity contribution in [1.82, 2.24) is 4.90 Å². The van der Waals surface area contributed by atoms with Crippen molar-refractivity contribution in [3.8, 4) is 11.5 Å². The molecule has 0 saturated carbocycles. The van der Waals surface area contributed by atoms with Crippen LogP contribution < -0.4 is 9.47 Å². The summed E-state index contributed by atoms with van der Waals surface area (Å²) in [5.41, 5.74) is 2.91. The van der Waals surface area contributed by atoms with E-state index in [1.54, 1.807) is 19.1 Å². The Hall–Kier alpha value is -1.88. The molecule has 184 valence electrons. The lowest BCUT2D eigenvalue weighted by atomic mass is 9.94. The highest BCUT2D eigenvalue weighted by molar-refractivity contribution is 14.1. The monoisotopic (exact) mass is 644 g/mol. The molecule has 1 atom stereocenters. The van der Waals surface area contributed by atoms with Crippen LogP contribution in [-0.2, 0) is 16.1 Å². The zero-order chi connectivity index (χ0) is 25.1. The maximum absolute atomic E-state index is 13.0. The molecule has 0 aromatic heterocycles. The highest BCUT2D eigenvalue weighted by Crippen LogP contribution is 2.44. The van der Waals surface area contributed by atoms with E-state index in [2.05, 4.69) is 27.6 Å². The first-order chi connectivity index (χ1) is 16.8. The number of thioether (sulfide) groups is 1. The maximum Gasteiger partial charge on any atom is 0.338 e. The Bertz CT molecular complexity index is 1250. The SMILES string of the molecule is CCOC(=O)C1=C(C)N=C2SC=CN2[C@H]1c1cc(I)c(OCc2ccc(Cl)c(Cl)c2)c(OCC)c1. The van der Waals surface area contributed by atoms with Crippen LogP contribution in [0.15, 0.2) is 58.2 Å². The van der Waals surface area contributed by atoms with Crippen LogP contribution in [0.2, 0.25) is 10.0 Å². The molecule has 0 saturated heterocycles. The molecule has 6 nitrogen and oxygen atoms in total. The number of benzene rings is 2. The van der Waals surface area contributed by atoms with Gasteiger partial charge in [-0.1, -0.05) is 41.0 Å². The number of aliphatic imine (C=N–C) groups is 1. The van der Waals surface area contributed by atoms with Gasteiger partial charge in [0, 0.05) is 6.20 Å². The quantitative estimate of drug-likeness (QED) is 0.221. The van der Waals surface area contributed by atoms with E-state index < -0.39 is 6.04 Å². The molecule has 0 bridgehead atoms. The summed E-state index contributed by atoms with van der Waals surface area (Å²) in [7, 11) is 0. The highest BCUT2D eigenvalue weighted by Gasteiger charge is 2.38. The lowest BCUT2D eigenvalue weighted by Crippen LogP contribution is -2.34. The van der Waals surface area contributed by atoms with Crippen LogP contribution in [0.1, 0.15) is 37.9 Å². The summed E-state index contributed by atoms with van der Waals surface area (Å²) in [4.78, 5) is 19.6. The Morgan fingerprint density at radius 1 is 1.14 bits per heavy atom. The lowest BCUT2D eigenvalue weighted by Gasteiger charge is -2.33. The number of esters is 1. The smallest absolute Gasteiger partial charge is 0.338 e. The standard InChI is InChI=1S/C25H23Cl2IN2O4S/c1-4-32-20-12-16(11-19(28)23(20)34-13-15-6-7-17(26)18(27)10-15)22-21(24(31)33-5-2)14(3)29-25-30(22)8-9-35-25/h6-12,22H,4-5,13H2,1-3H3/t22-/m0/s1. The Morgan fingerprint density at radius 2 is 1.94 bits per heavy atom. The summed E-state index contributed by atoms with van der Waals surface area (Å²) >= 11 is 15.9. The van der Waals surface area contributed by atoms with E-state index in [4.69, 9.17) is 37.4 Å². The first kappa shape index (κ1) is 26.2. The first-order valence-corrected chi connectivity index (χ1v) is 13.7. The third-order valence-electron chi connectivity index (χ3n) is 5.33. The Balaban J connectivity index is 1.72. The lowest BCUT2D eigenvalue weighted by molar-refractivity contribution is -0.139. The van der Waals surface area contributed by atoms with Crippen molar-refractivity contribution in [3.05, 3.63) is 78.0 Å². The van der Waals surface area contributed by atoms with E-state index >= 15 is 0 Å². The average Bonchev–Trinajstić information content (AvgIpc) is 3.28. The molecule has 0 radical (unpaired) electrons. The third kappa shape index (κ3) is 5.60. The fourth-order valence-electron chi connectivity index (χ4n) is 3.83. The second kappa shape index (κ2) is 11.5. The van der Waals surface area contributed by atoms with Gasteiger partial charge < -0.3 is 19.1 Å². The van der Waals surface area contributed by atoms with Gasteiger partial charge in [-0.05, 0) is 84.2 Å². The summed E-state index contributed by atoms with van der Waals surface area (Å²) in [5, 5.41) is 3.74. The van der Waals surface area contributed by atoms with Gasteiger partial charge in [0.1, 0.15) is 6.61 Å². The van der Waals surface area contributed by atoms with Crippen molar-refractivity contribution in [3.63, 3.8) is 0 Å². The largest absolute Gasteiger partial charge is 0.490 e. The van der Waals surface area contributed by atoms with Gasteiger partial charge in [-0.15, -0.1) is 0 Å². The Kier molecular flexibility index (Phi) is 8.57. The van der Waals surface area contributed by atoms with Crippen molar-refractivity contribution in [1.29, 1.82) is 0 Å². The van der Waals surface area contributed by atoms with Gasteiger partial charge in [0.25, 0.3) is 0 Å². The minimum atomic E-state index is -0.398. The fourth-order valence-corrected chi connectivity index (χ4v) is 5.72. The summed E-state index contributed by atoms with van der Waals surface area (Å²) in [6.07, 6.45) is 1.93. The number of nitrogens with zero attached hydrogens (tertiary/aromatic N) is 2. The molecule has 0 spiro atoms. The Labute approximate surface area is 232 Å². The number of ether oxygens (including phenoxy) is 3. The zero-order valence-electron chi connectivity index (χ0n) is 19.3. The van der Waals surface area contributed by atoms with Gasteiger partial charge in [-0.25, -0.2) is 9.79 Å². The molecule has 0 unspecified atom stereocenters. The zero-order valence-corrected chi connectivity index (χ0v) is 23.8. The highest BCUT2D eigenvalue weighted by atomic mass is 127. The number of fused-ring (bicyclic) bond motifs is 1. The second-order valence-electron chi connectivity index (χ2n) is 7.63. The van der Waals surface area contributed by atoms with Crippen LogP contribution in [0.5, 0.6) is 11.5 Å². The van der Waals surface area contributed by atoms with Gasteiger partial charge in [0.2, 0.25) is 0 Å². The fraction of sp³-hybridized carbons (Fsp3) is 0.280. The molecule has 0 aliphatic carbocycles. The maximum atomic E-state index is 13.0. The molecule has 2 aliphatic heterocycles. The molecule has 2 aromatic rings. The summed E-state index contributed by atoms with van der Waals surface area (Å²) in [6.45, 7) is 6.59. The van der Waals surface area contributed by atoms with E-state index in [1.165, 1.54) is 11.8 Å². The minimum absolute atomic E-state index is 0.284. The van der Waals surface area contributed by atoms with Crippen LogP contribution in [-0.4, -0.2) is 29.3 Å². The van der Waals surface area contributed by atoms with E-state index in [-0.39, 0.29) is 12.6 Å². The average molecular weight is 645 g/mol. The predicted molar refractivity (Wildman–Crippen MR) is 149 cm³/mol. The predicted octanol–water partition coefficient (Wildman–Crippen LogP) is 7.34. The number of rotatable bonds is 8. The third-order valence-corrected chi connectivity index (χ3v) is 7.64. The summed E-state index contributed by atoms with van der Waals surface area (Å²) in [5.74, 6) is 0.836. The molecular formula is C25H23Cl2IN2O4S. The van der Waals surface area contributed by atoms with Crippen molar-refractivity contribution in [2.45, 2.75) is 33.4 Å². The molecule has 35 heavy (non-hydrogen) atoms. The number of hydrogen-bond donors (Lipinski definition) is 0. The van der Waals surface area contributed by atoms with E-state index in [0.29, 0.717) is 46.0 Å². The van der Waals surface area contributed by atoms with Gasteiger partial charge >= 0.3 is 5.97 Å². The molecule has 0 amide bonds. The number of amidine groups is 1. The second-order valence-corrected chi connectivity index (χ2v) is 10.5.